The monoisotopic (exact) mass is 292 g/mol. The Labute approximate surface area is 128 Å². The maximum atomic E-state index is 5.91. The van der Waals surface area contributed by atoms with Crippen LogP contribution in [0, 0.1) is 11.3 Å². The van der Waals surface area contributed by atoms with E-state index in [1.807, 2.05) is 31.3 Å². The highest BCUT2D eigenvalue weighted by molar-refractivity contribution is 5.26. The predicted molar refractivity (Wildman–Crippen MR) is 85.4 cm³/mol. The van der Waals surface area contributed by atoms with Crippen molar-refractivity contribution < 1.29 is 4.74 Å². The van der Waals surface area contributed by atoms with Crippen molar-refractivity contribution in [2.75, 3.05) is 32.1 Å². The molecule has 2 atom stereocenters. The Morgan fingerprint density at radius 3 is 2.81 bits per heavy atom. The molecule has 0 bridgehead atoms. The largest absolute Gasteiger partial charge is 0.377 e. The van der Waals surface area contributed by atoms with Gasteiger partial charge in [0.05, 0.1) is 11.8 Å². The molecule has 1 aromatic rings. The second-order valence-corrected chi connectivity index (χ2v) is 7.08. The zero-order chi connectivity index (χ0) is 15.5. The van der Waals surface area contributed by atoms with E-state index in [9.17, 15) is 0 Å². The topological polar surface area (TPSA) is 50.3 Å². The summed E-state index contributed by atoms with van der Waals surface area (Å²) in [5.41, 5.74) is 1.23. The fraction of sp³-hybridized carbons (Fsp3) is 0.750. The fourth-order valence-corrected chi connectivity index (χ4v) is 2.88. The van der Waals surface area contributed by atoms with Crippen LogP contribution in [-0.2, 0) is 11.3 Å². The zero-order valence-electron chi connectivity index (χ0n) is 13.9. The number of rotatable bonds is 5. The van der Waals surface area contributed by atoms with Crippen LogP contribution in [0.1, 0.15) is 32.9 Å². The van der Waals surface area contributed by atoms with Gasteiger partial charge in [0.2, 0.25) is 5.95 Å². The molecule has 118 valence electrons. The van der Waals surface area contributed by atoms with Crippen LogP contribution in [0.4, 0.5) is 5.95 Å². The second-order valence-electron chi connectivity index (χ2n) is 7.08. The van der Waals surface area contributed by atoms with Crippen LogP contribution in [0.5, 0.6) is 0 Å². The lowest BCUT2D eigenvalue weighted by molar-refractivity contribution is 0.00719. The number of ether oxygens (including phenoxy) is 1. The molecule has 1 saturated heterocycles. The highest BCUT2D eigenvalue weighted by atomic mass is 16.5. The number of aromatic nitrogens is 2. The van der Waals surface area contributed by atoms with Gasteiger partial charge in [-0.2, -0.15) is 0 Å². The number of hydrogen-bond donors (Lipinski definition) is 1. The number of nitrogens with one attached hydrogen (secondary N) is 1. The molecule has 0 aromatic carbocycles. The van der Waals surface area contributed by atoms with Crippen molar-refractivity contribution in [3.8, 4) is 0 Å². The lowest BCUT2D eigenvalue weighted by Gasteiger charge is -2.31. The molecule has 0 amide bonds. The predicted octanol–water partition coefficient (Wildman–Crippen LogP) is 2.08. The van der Waals surface area contributed by atoms with Crippen molar-refractivity contribution in [1.29, 1.82) is 0 Å². The Morgan fingerprint density at radius 2 is 2.14 bits per heavy atom. The summed E-state index contributed by atoms with van der Waals surface area (Å²) in [7, 11) is 3.91. The Morgan fingerprint density at radius 1 is 1.38 bits per heavy atom. The minimum absolute atomic E-state index is 0.204. The second kappa shape index (κ2) is 6.71. The first kappa shape index (κ1) is 16.2. The molecule has 0 aliphatic carbocycles. The van der Waals surface area contributed by atoms with Gasteiger partial charge in [0, 0.05) is 45.9 Å². The third kappa shape index (κ3) is 4.38. The first-order valence-corrected chi connectivity index (χ1v) is 7.69. The molecule has 1 N–H and O–H groups in total. The summed E-state index contributed by atoms with van der Waals surface area (Å²) in [5, 5.41) is 3.52. The Bertz CT molecular complexity index is 456. The molecule has 2 rings (SSSR count). The van der Waals surface area contributed by atoms with Crippen molar-refractivity contribution in [3.05, 3.63) is 18.0 Å². The highest BCUT2D eigenvalue weighted by Gasteiger charge is 2.36. The number of nitrogens with zero attached hydrogens (tertiary/aromatic N) is 3. The van der Waals surface area contributed by atoms with Crippen LogP contribution in [0.3, 0.4) is 0 Å². The summed E-state index contributed by atoms with van der Waals surface area (Å²) in [6.07, 6.45) is 3.30. The number of anilines is 1. The molecule has 5 nitrogen and oxygen atoms in total. The van der Waals surface area contributed by atoms with Gasteiger partial charge in [-0.15, -0.1) is 0 Å². The number of hydrogen-bond acceptors (Lipinski definition) is 5. The van der Waals surface area contributed by atoms with E-state index in [1.54, 1.807) is 0 Å². The van der Waals surface area contributed by atoms with Crippen LogP contribution in [0.25, 0.3) is 0 Å². The van der Waals surface area contributed by atoms with Crippen LogP contribution in [0.15, 0.2) is 12.3 Å². The third-order valence-corrected chi connectivity index (χ3v) is 3.88. The quantitative estimate of drug-likeness (QED) is 0.900. The molecule has 21 heavy (non-hydrogen) atoms. The maximum Gasteiger partial charge on any atom is 0.225 e. The van der Waals surface area contributed by atoms with E-state index >= 15 is 0 Å². The Kier molecular flexibility index (Phi) is 5.17. The van der Waals surface area contributed by atoms with E-state index < -0.39 is 0 Å². The average Bonchev–Trinajstić information content (AvgIpc) is 2.87. The van der Waals surface area contributed by atoms with Gasteiger partial charge in [-0.05, 0) is 17.9 Å². The van der Waals surface area contributed by atoms with E-state index in [0.717, 1.165) is 37.8 Å². The van der Waals surface area contributed by atoms with Gasteiger partial charge in [-0.25, -0.2) is 9.97 Å². The van der Waals surface area contributed by atoms with Crippen LogP contribution < -0.4 is 10.2 Å². The molecule has 0 radical (unpaired) electrons. The fourth-order valence-electron chi connectivity index (χ4n) is 2.88. The summed E-state index contributed by atoms with van der Waals surface area (Å²) < 4.78 is 5.91. The van der Waals surface area contributed by atoms with Crippen LogP contribution in [-0.4, -0.2) is 43.3 Å². The Hall–Kier alpha value is -1.20. The molecule has 0 unspecified atom stereocenters. The minimum Gasteiger partial charge on any atom is -0.377 e. The lowest BCUT2D eigenvalue weighted by Crippen LogP contribution is -2.36. The van der Waals surface area contributed by atoms with E-state index in [2.05, 4.69) is 36.1 Å². The van der Waals surface area contributed by atoms with Gasteiger partial charge in [-0.3, -0.25) is 0 Å². The van der Waals surface area contributed by atoms with Gasteiger partial charge in [0.15, 0.2) is 0 Å². The average molecular weight is 292 g/mol. The van der Waals surface area contributed by atoms with E-state index in [-0.39, 0.29) is 5.41 Å². The van der Waals surface area contributed by atoms with Crippen molar-refractivity contribution in [2.24, 2.45) is 11.3 Å². The SMILES string of the molecule is CN(C)c1nccc(CNC[C@H]2CCO[C@@H]2C(C)(C)C)n1. The smallest absolute Gasteiger partial charge is 0.225 e. The third-order valence-electron chi connectivity index (χ3n) is 3.88. The summed E-state index contributed by atoms with van der Waals surface area (Å²) in [6.45, 7) is 9.39. The maximum absolute atomic E-state index is 5.91. The van der Waals surface area contributed by atoms with Gasteiger partial charge in [0.1, 0.15) is 0 Å². The van der Waals surface area contributed by atoms with Gasteiger partial charge in [-0.1, -0.05) is 20.8 Å². The van der Waals surface area contributed by atoms with Gasteiger partial charge >= 0.3 is 0 Å². The normalized spacial score (nSPS) is 22.5. The first-order chi connectivity index (χ1) is 9.88. The molecule has 1 aliphatic heterocycles. The summed E-state index contributed by atoms with van der Waals surface area (Å²) in [5.74, 6) is 1.34. The van der Waals surface area contributed by atoms with Gasteiger partial charge < -0.3 is 15.0 Å². The molecule has 0 saturated carbocycles. The summed E-state index contributed by atoms with van der Waals surface area (Å²) in [4.78, 5) is 10.7. The molecule has 2 heterocycles. The van der Waals surface area contributed by atoms with E-state index in [1.165, 1.54) is 0 Å². The van der Waals surface area contributed by atoms with E-state index in [4.69, 9.17) is 4.74 Å². The molecule has 5 heteroatoms. The molecule has 1 aromatic heterocycles. The van der Waals surface area contributed by atoms with E-state index in [0.29, 0.717) is 12.0 Å². The highest BCUT2D eigenvalue weighted by Crippen LogP contribution is 2.34. The molecular formula is C16H28N4O. The zero-order valence-corrected chi connectivity index (χ0v) is 13.9. The summed E-state index contributed by atoms with van der Waals surface area (Å²) >= 11 is 0. The summed E-state index contributed by atoms with van der Waals surface area (Å²) in [6, 6.07) is 1.96. The standard InChI is InChI=1S/C16H28N4O/c1-16(2,3)14-12(7-9-21-14)10-17-11-13-6-8-18-15(19-13)20(4)5/h6,8,12,14,17H,7,9-11H2,1-5H3/t12-,14+/m1/s1. The minimum atomic E-state index is 0.204. The van der Waals surface area contributed by atoms with Crippen molar-refractivity contribution in [1.82, 2.24) is 15.3 Å². The van der Waals surface area contributed by atoms with Crippen molar-refractivity contribution in [2.45, 2.75) is 39.8 Å². The Balaban J connectivity index is 1.85. The van der Waals surface area contributed by atoms with Gasteiger partial charge in [0.25, 0.3) is 0 Å². The van der Waals surface area contributed by atoms with Crippen LogP contribution in [0.2, 0.25) is 0 Å². The van der Waals surface area contributed by atoms with Crippen molar-refractivity contribution in [3.63, 3.8) is 0 Å². The lowest BCUT2D eigenvalue weighted by atomic mass is 9.81. The molecule has 1 aliphatic rings. The van der Waals surface area contributed by atoms with Crippen LogP contribution >= 0.6 is 0 Å². The van der Waals surface area contributed by atoms with Crippen molar-refractivity contribution >= 4 is 5.95 Å². The molecular weight excluding hydrogens is 264 g/mol. The molecule has 1 fully saturated rings. The molecule has 0 spiro atoms. The first-order valence-electron chi connectivity index (χ1n) is 7.69.